The highest BCUT2D eigenvalue weighted by molar-refractivity contribution is 5.77. The molecule has 0 aliphatic carbocycles. The van der Waals surface area contributed by atoms with Gasteiger partial charge in [-0.15, -0.1) is 0 Å². The molecule has 0 aromatic carbocycles. The Labute approximate surface area is 371 Å². The number of ether oxygens (including phenoxy) is 1. The lowest BCUT2D eigenvalue weighted by atomic mass is 10.0. The molecule has 0 aromatic heterocycles. The van der Waals surface area contributed by atoms with Gasteiger partial charge < -0.3 is 20.3 Å². The number of allylic oxidation sites excluding steroid dienone is 10. The highest BCUT2D eigenvalue weighted by Crippen LogP contribution is 2.17. The molecule has 60 heavy (non-hydrogen) atoms. The van der Waals surface area contributed by atoms with Gasteiger partial charge in [0, 0.05) is 6.42 Å². The predicted octanol–water partition coefficient (Wildman–Crippen LogP) is 15.2. The summed E-state index contributed by atoms with van der Waals surface area (Å²) in [5.74, 6) is -0.545. The van der Waals surface area contributed by atoms with Gasteiger partial charge in [-0.2, -0.15) is 0 Å². The first-order valence-electron chi connectivity index (χ1n) is 25.6. The van der Waals surface area contributed by atoms with Gasteiger partial charge in [0.05, 0.1) is 25.2 Å². The lowest BCUT2D eigenvalue weighted by Gasteiger charge is -2.24. The Morgan fingerprint density at radius 2 is 0.933 bits per heavy atom. The first-order valence-corrected chi connectivity index (χ1v) is 25.6. The van der Waals surface area contributed by atoms with Crippen molar-refractivity contribution in [2.75, 3.05) is 6.61 Å². The molecule has 0 bridgehead atoms. The van der Waals surface area contributed by atoms with E-state index in [0.29, 0.717) is 19.3 Å². The van der Waals surface area contributed by atoms with E-state index in [0.717, 1.165) is 57.8 Å². The average Bonchev–Trinajstić information content (AvgIpc) is 3.24. The molecule has 3 unspecified atom stereocenters. The van der Waals surface area contributed by atoms with Gasteiger partial charge in [0.2, 0.25) is 5.91 Å². The molecule has 348 valence electrons. The summed E-state index contributed by atoms with van der Waals surface area (Å²) in [6.45, 7) is 6.32. The molecule has 0 spiro atoms. The number of rotatable bonds is 45. The van der Waals surface area contributed by atoms with Crippen molar-refractivity contribution in [2.45, 2.75) is 264 Å². The topological polar surface area (TPSA) is 95.9 Å². The minimum Gasteiger partial charge on any atom is -0.462 e. The van der Waals surface area contributed by atoms with Crippen LogP contribution in [0.1, 0.15) is 245 Å². The molecule has 0 rings (SSSR count). The molecule has 3 atom stereocenters. The molecular formula is C54H97NO5. The predicted molar refractivity (Wildman–Crippen MR) is 259 cm³/mol. The Bertz CT molecular complexity index is 1080. The van der Waals surface area contributed by atoms with Crippen LogP contribution < -0.4 is 5.32 Å². The van der Waals surface area contributed by atoms with E-state index in [9.17, 15) is 19.8 Å². The average molecular weight is 840 g/mol. The molecule has 0 aliphatic heterocycles. The Hall–Kier alpha value is -2.44. The van der Waals surface area contributed by atoms with Crippen molar-refractivity contribution in [3.05, 3.63) is 60.8 Å². The van der Waals surface area contributed by atoms with E-state index in [2.05, 4.69) is 50.4 Å². The van der Waals surface area contributed by atoms with Crippen LogP contribution in [-0.4, -0.2) is 46.9 Å². The van der Waals surface area contributed by atoms with E-state index in [1.807, 2.05) is 36.5 Å². The summed E-state index contributed by atoms with van der Waals surface area (Å²) >= 11 is 0. The Morgan fingerprint density at radius 3 is 1.43 bits per heavy atom. The number of hydrogen-bond donors (Lipinski definition) is 3. The Balaban J connectivity index is 4.58. The molecular weight excluding hydrogens is 743 g/mol. The Morgan fingerprint density at radius 1 is 0.500 bits per heavy atom. The quantitative estimate of drug-likeness (QED) is 0.0246. The number of hydrogen-bond acceptors (Lipinski definition) is 5. The SMILES string of the molecule is CC/C=C/C=C/C=C\C=C/CCCC(CC(=O)NC(CO)C(O)CCCCCCCCCCCCCCC)OC(=O)CCCCCCCCC/C=C/CCCCCCCC. The number of carbonyl (C=O) groups is 2. The van der Waals surface area contributed by atoms with Crippen LogP contribution in [0.2, 0.25) is 0 Å². The van der Waals surface area contributed by atoms with Crippen molar-refractivity contribution in [2.24, 2.45) is 0 Å². The lowest BCUT2D eigenvalue weighted by Crippen LogP contribution is -2.46. The van der Waals surface area contributed by atoms with Gasteiger partial charge in [-0.25, -0.2) is 0 Å². The first-order chi connectivity index (χ1) is 29.5. The van der Waals surface area contributed by atoms with Gasteiger partial charge in [0.25, 0.3) is 0 Å². The highest BCUT2D eigenvalue weighted by atomic mass is 16.5. The van der Waals surface area contributed by atoms with Crippen molar-refractivity contribution in [1.82, 2.24) is 5.32 Å². The van der Waals surface area contributed by atoms with E-state index >= 15 is 0 Å². The molecule has 0 saturated heterocycles. The van der Waals surface area contributed by atoms with Gasteiger partial charge in [-0.05, 0) is 64.2 Å². The zero-order valence-electron chi connectivity index (χ0n) is 39.6. The number of carbonyl (C=O) groups excluding carboxylic acids is 2. The van der Waals surface area contributed by atoms with Crippen LogP contribution in [0.5, 0.6) is 0 Å². The molecule has 0 saturated carbocycles. The summed E-state index contributed by atoms with van der Waals surface area (Å²) in [6, 6.07) is -0.723. The third-order valence-electron chi connectivity index (χ3n) is 11.4. The molecule has 0 radical (unpaired) electrons. The van der Waals surface area contributed by atoms with Crippen LogP contribution >= 0.6 is 0 Å². The molecule has 0 aromatic rings. The fourth-order valence-electron chi connectivity index (χ4n) is 7.56. The van der Waals surface area contributed by atoms with Crippen molar-refractivity contribution in [3.8, 4) is 0 Å². The van der Waals surface area contributed by atoms with Crippen molar-refractivity contribution >= 4 is 11.9 Å². The van der Waals surface area contributed by atoms with Crippen LogP contribution in [0.3, 0.4) is 0 Å². The van der Waals surface area contributed by atoms with Crippen LogP contribution in [-0.2, 0) is 14.3 Å². The normalized spacial score (nSPS) is 13.8. The molecule has 0 aliphatic rings. The third kappa shape index (κ3) is 42.3. The van der Waals surface area contributed by atoms with Crippen molar-refractivity contribution in [1.29, 1.82) is 0 Å². The molecule has 0 fully saturated rings. The molecule has 1 amide bonds. The molecule has 3 N–H and O–H groups in total. The number of esters is 1. The minimum absolute atomic E-state index is 0.0294. The number of amides is 1. The summed E-state index contributed by atoms with van der Waals surface area (Å²) in [4.78, 5) is 26.1. The number of aliphatic hydroxyl groups is 2. The standard InChI is InChI=1S/C54H97NO5/c1-4-7-10-13-16-19-22-24-25-26-27-29-32-35-38-41-44-47-54(59)60-50(45-42-39-36-33-30-21-18-15-12-9-6-3)48-53(58)55-51(49-56)52(57)46-43-40-37-34-31-28-23-20-17-14-11-8-5-2/h9,12,15,18,21,24-25,30,33,36,50-52,56-57H,4-8,10-11,13-14,16-17,19-20,22-23,26-29,31-32,34-35,37-49H2,1-3H3,(H,55,58)/b12-9+,18-15+,25-24+,30-21-,36-33-. The zero-order chi connectivity index (χ0) is 43.8. The van der Waals surface area contributed by atoms with Gasteiger partial charge in [-0.1, -0.05) is 229 Å². The van der Waals surface area contributed by atoms with E-state index in [1.165, 1.54) is 141 Å². The smallest absolute Gasteiger partial charge is 0.306 e. The van der Waals surface area contributed by atoms with Gasteiger partial charge in [-0.3, -0.25) is 9.59 Å². The summed E-state index contributed by atoms with van der Waals surface area (Å²) in [5, 5.41) is 23.7. The second-order valence-corrected chi connectivity index (χ2v) is 17.3. The van der Waals surface area contributed by atoms with E-state index in [4.69, 9.17) is 4.74 Å². The number of aliphatic hydroxyl groups excluding tert-OH is 2. The van der Waals surface area contributed by atoms with E-state index < -0.39 is 18.2 Å². The monoisotopic (exact) mass is 840 g/mol. The highest BCUT2D eigenvalue weighted by Gasteiger charge is 2.24. The molecule has 0 heterocycles. The summed E-state index contributed by atoms with van der Waals surface area (Å²) in [7, 11) is 0. The number of nitrogens with one attached hydrogen (secondary N) is 1. The fourth-order valence-corrected chi connectivity index (χ4v) is 7.56. The van der Waals surface area contributed by atoms with Crippen LogP contribution in [0.25, 0.3) is 0 Å². The van der Waals surface area contributed by atoms with Gasteiger partial charge >= 0.3 is 5.97 Å². The minimum atomic E-state index is -0.806. The van der Waals surface area contributed by atoms with Gasteiger partial charge in [0.15, 0.2) is 0 Å². The largest absolute Gasteiger partial charge is 0.462 e. The van der Waals surface area contributed by atoms with E-state index in [-0.39, 0.29) is 24.9 Å². The maximum absolute atomic E-state index is 13.2. The maximum atomic E-state index is 13.2. The fraction of sp³-hybridized carbons (Fsp3) is 0.778. The summed E-state index contributed by atoms with van der Waals surface area (Å²) in [6.07, 6.45) is 58.6. The second kappa shape index (κ2) is 47.6. The second-order valence-electron chi connectivity index (χ2n) is 17.3. The van der Waals surface area contributed by atoms with Gasteiger partial charge in [0.1, 0.15) is 6.10 Å². The summed E-state index contributed by atoms with van der Waals surface area (Å²) < 4.78 is 5.89. The Kier molecular flexibility index (Phi) is 45.7. The summed E-state index contributed by atoms with van der Waals surface area (Å²) in [5.41, 5.74) is 0. The lowest BCUT2D eigenvalue weighted by molar-refractivity contribution is -0.151. The molecule has 6 heteroatoms. The van der Waals surface area contributed by atoms with Crippen molar-refractivity contribution < 1.29 is 24.5 Å². The zero-order valence-corrected chi connectivity index (χ0v) is 39.6. The first kappa shape index (κ1) is 57.6. The maximum Gasteiger partial charge on any atom is 0.306 e. The number of unbranched alkanes of at least 4 members (excludes halogenated alkanes) is 26. The van der Waals surface area contributed by atoms with Crippen LogP contribution in [0, 0.1) is 0 Å². The van der Waals surface area contributed by atoms with Crippen molar-refractivity contribution in [3.63, 3.8) is 0 Å². The third-order valence-corrected chi connectivity index (χ3v) is 11.4. The van der Waals surface area contributed by atoms with Crippen LogP contribution in [0.4, 0.5) is 0 Å². The molecule has 6 nitrogen and oxygen atoms in total. The van der Waals surface area contributed by atoms with Crippen LogP contribution in [0.15, 0.2) is 60.8 Å². The van der Waals surface area contributed by atoms with E-state index in [1.54, 1.807) is 0 Å².